The van der Waals surface area contributed by atoms with Gasteiger partial charge in [-0.25, -0.2) is 0 Å². The molecule has 1 fully saturated rings. The van der Waals surface area contributed by atoms with E-state index in [0.717, 1.165) is 11.8 Å². The van der Waals surface area contributed by atoms with Crippen LogP contribution >= 0.6 is 11.8 Å². The van der Waals surface area contributed by atoms with Crippen molar-refractivity contribution in [3.8, 4) is 0 Å². The molecular formula is C9H6N2O2S. The van der Waals surface area contributed by atoms with Gasteiger partial charge in [0.05, 0.1) is 10.6 Å². The molecule has 4 nitrogen and oxygen atoms in total. The van der Waals surface area contributed by atoms with Crippen LogP contribution < -0.4 is 5.32 Å². The molecule has 0 unspecified atom stereocenters. The monoisotopic (exact) mass is 206 g/mol. The fraction of sp³-hybridized carbons (Fsp3) is 0. The molecule has 1 aliphatic heterocycles. The highest BCUT2D eigenvalue weighted by Crippen LogP contribution is 2.24. The molecule has 2 rings (SSSR count). The van der Waals surface area contributed by atoms with Gasteiger partial charge >= 0.3 is 0 Å². The number of pyridine rings is 1. The predicted molar refractivity (Wildman–Crippen MR) is 53.3 cm³/mol. The largest absolute Gasteiger partial charge is 0.290 e. The first-order chi connectivity index (χ1) is 6.75. The van der Waals surface area contributed by atoms with Crippen LogP contribution in [0.15, 0.2) is 29.3 Å². The highest BCUT2D eigenvalue weighted by atomic mass is 32.2. The van der Waals surface area contributed by atoms with Crippen LogP contribution in [0.4, 0.5) is 4.79 Å². The molecule has 1 N–H and O–H groups in total. The Morgan fingerprint density at radius 1 is 1.36 bits per heavy atom. The number of imide groups is 1. The van der Waals surface area contributed by atoms with Gasteiger partial charge in [0.1, 0.15) is 0 Å². The molecule has 0 saturated carbocycles. The van der Waals surface area contributed by atoms with E-state index in [0.29, 0.717) is 10.6 Å². The first-order valence-corrected chi connectivity index (χ1v) is 4.73. The molecular weight excluding hydrogens is 200 g/mol. The first-order valence-electron chi connectivity index (χ1n) is 3.91. The molecule has 1 saturated heterocycles. The smallest absolute Gasteiger partial charge is 0.282 e. The number of hydrogen-bond donors (Lipinski definition) is 1. The van der Waals surface area contributed by atoms with Gasteiger partial charge < -0.3 is 0 Å². The zero-order valence-electron chi connectivity index (χ0n) is 7.06. The lowest BCUT2D eigenvalue weighted by atomic mass is 10.3. The summed E-state index contributed by atoms with van der Waals surface area (Å²) in [5.74, 6) is -0.356. The minimum absolute atomic E-state index is 0.336. The van der Waals surface area contributed by atoms with Gasteiger partial charge in [0.25, 0.3) is 11.1 Å². The number of aromatic nitrogens is 1. The van der Waals surface area contributed by atoms with Crippen LogP contribution in [0.5, 0.6) is 0 Å². The third-order valence-electron chi connectivity index (χ3n) is 1.61. The van der Waals surface area contributed by atoms with Gasteiger partial charge in [0, 0.05) is 6.20 Å². The van der Waals surface area contributed by atoms with Crippen molar-refractivity contribution in [1.29, 1.82) is 0 Å². The lowest BCUT2D eigenvalue weighted by Crippen LogP contribution is -2.17. The molecule has 1 aliphatic rings. The van der Waals surface area contributed by atoms with Crippen molar-refractivity contribution in [2.75, 3.05) is 0 Å². The maximum Gasteiger partial charge on any atom is 0.290 e. The van der Waals surface area contributed by atoms with Crippen LogP contribution in [0.2, 0.25) is 0 Å². The van der Waals surface area contributed by atoms with E-state index in [4.69, 9.17) is 0 Å². The van der Waals surface area contributed by atoms with Crippen molar-refractivity contribution in [2.45, 2.75) is 0 Å². The Labute approximate surface area is 84.4 Å². The Hall–Kier alpha value is -1.62. The SMILES string of the molecule is O=C1NC(=O)/C(=C\c2ccccn2)S1. The summed E-state index contributed by atoms with van der Waals surface area (Å²) in [7, 11) is 0. The predicted octanol–water partition coefficient (Wildman–Crippen LogP) is 1.41. The Kier molecular flexibility index (Phi) is 2.32. The molecule has 5 heteroatoms. The van der Waals surface area contributed by atoms with Gasteiger partial charge in [-0.1, -0.05) is 6.07 Å². The number of carbonyl (C=O) groups excluding carboxylic acids is 2. The van der Waals surface area contributed by atoms with Crippen molar-refractivity contribution < 1.29 is 9.59 Å². The Bertz CT molecular complexity index is 414. The standard InChI is InChI=1S/C9H6N2O2S/c12-8-7(14-9(13)11-8)5-6-3-1-2-4-10-6/h1-5H,(H,11,12,13)/b7-5+. The molecule has 2 heterocycles. The van der Waals surface area contributed by atoms with Crippen molar-refractivity contribution in [1.82, 2.24) is 10.3 Å². The second-order valence-electron chi connectivity index (χ2n) is 2.61. The van der Waals surface area contributed by atoms with E-state index < -0.39 is 0 Å². The quantitative estimate of drug-likeness (QED) is 0.706. The highest BCUT2D eigenvalue weighted by Gasteiger charge is 2.24. The molecule has 0 spiro atoms. The molecule has 0 atom stereocenters. The molecule has 1 aromatic rings. The maximum absolute atomic E-state index is 11.1. The number of rotatable bonds is 1. The van der Waals surface area contributed by atoms with Gasteiger partial charge in [-0.3, -0.25) is 19.9 Å². The van der Waals surface area contributed by atoms with Crippen molar-refractivity contribution in [2.24, 2.45) is 0 Å². The maximum atomic E-state index is 11.1. The van der Waals surface area contributed by atoms with Crippen LogP contribution in [-0.2, 0) is 4.79 Å². The summed E-state index contributed by atoms with van der Waals surface area (Å²) in [4.78, 5) is 26.4. The Morgan fingerprint density at radius 3 is 2.79 bits per heavy atom. The summed E-state index contributed by atoms with van der Waals surface area (Å²) in [6.07, 6.45) is 3.22. The number of carbonyl (C=O) groups is 2. The number of nitrogens with one attached hydrogen (secondary N) is 1. The van der Waals surface area contributed by atoms with E-state index in [9.17, 15) is 9.59 Å². The second kappa shape index (κ2) is 3.63. The Balaban J connectivity index is 2.28. The highest BCUT2D eigenvalue weighted by molar-refractivity contribution is 8.18. The van der Waals surface area contributed by atoms with E-state index in [1.54, 1.807) is 24.4 Å². The molecule has 0 bridgehead atoms. The van der Waals surface area contributed by atoms with E-state index in [1.165, 1.54) is 0 Å². The van der Waals surface area contributed by atoms with Crippen molar-refractivity contribution in [3.63, 3.8) is 0 Å². The average Bonchev–Trinajstić information content (AvgIpc) is 2.47. The second-order valence-corrected chi connectivity index (χ2v) is 3.62. The summed E-state index contributed by atoms with van der Waals surface area (Å²) in [6.45, 7) is 0. The van der Waals surface area contributed by atoms with Crippen LogP contribution in [0.1, 0.15) is 5.69 Å². The minimum Gasteiger partial charge on any atom is -0.282 e. The summed E-state index contributed by atoms with van der Waals surface area (Å²) >= 11 is 0.890. The summed E-state index contributed by atoms with van der Waals surface area (Å²) in [5.41, 5.74) is 0.667. The summed E-state index contributed by atoms with van der Waals surface area (Å²) < 4.78 is 0. The van der Waals surface area contributed by atoms with Gasteiger partial charge in [-0.2, -0.15) is 0 Å². The lowest BCUT2D eigenvalue weighted by Gasteiger charge is -1.91. The number of thioether (sulfide) groups is 1. The van der Waals surface area contributed by atoms with Crippen molar-refractivity contribution in [3.05, 3.63) is 35.0 Å². The zero-order valence-corrected chi connectivity index (χ0v) is 7.88. The third kappa shape index (κ3) is 1.82. The third-order valence-corrected chi connectivity index (χ3v) is 2.42. The van der Waals surface area contributed by atoms with Gasteiger partial charge in [-0.05, 0) is 30.0 Å². The minimum atomic E-state index is -0.356. The van der Waals surface area contributed by atoms with E-state index in [2.05, 4.69) is 10.3 Å². The normalized spacial score (nSPS) is 18.7. The molecule has 70 valence electrons. The topological polar surface area (TPSA) is 59.1 Å². The summed E-state index contributed by atoms with van der Waals surface area (Å²) in [6, 6.07) is 5.37. The van der Waals surface area contributed by atoms with Crippen LogP contribution in [0.3, 0.4) is 0 Å². The average molecular weight is 206 g/mol. The van der Waals surface area contributed by atoms with Gasteiger partial charge in [0.15, 0.2) is 0 Å². The molecule has 14 heavy (non-hydrogen) atoms. The number of nitrogens with zero attached hydrogens (tertiary/aromatic N) is 1. The molecule has 0 aliphatic carbocycles. The zero-order chi connectivity index (χ0) is 9.97. The van der Waals surface area contributed by atoms with E-state index >= 15 is 0 Å². The Morgan fingerprint density at radius 2 is 2.21 bits per heavy atom. The lowest BCUT2D eigenvalue weighted by molar-refractivity contribution is -0.115. The fourth-order valence-electron chi connectivity index (χ4n) is 1.02. The van der Waals surface area contributed by atoms with Gasteiger partial charge in [0.2, 0.25) is 0 Å². The molecule has 0 radical (unpaired) electrons. The van der Waals surface area contributed by atoms with Crippen LogP contribution in [0, 0.1) is 0 Å². The van der Waals surface area contributed by atoms with E-state index in [-0.39, 0.29) is 11.1 Å². The van der Waals surface area contributed by atoms with Crippen LogP contribution in [-0.4, -0.2) is 16.1 Å². The van der Waals surface area contributed by atoms with Crippen molar-refractivity contribution >= 4 is 29.0 Å². The molecule has 0 aromatic carbocycles. The molecule has 1 aromatic heterocycles. The first kappa shape index (κ1) is 8.96. The number of amides is 2. The molecule has 2 amide bonds. The fourth-order valence-corrected chi connectivity index (χ4v) is 1.68. The van der Waals surface area contributed by atoms with Gasteiger partial charge in [-0.15, -0.1) is 0 Å². The number of hydrogen-bond acceptors (Lipinski definition) is 4. The summed E-state index contributed by atoms with van der Waals surface area (Å²) in [5, 5.41) is 1.84. The van der Waals surface area contributed by atoms with E-state index in [1.807, 2.05) is 6.07 Å². The van der Waals surface area contributed by atoms with Crippen LogP contribution in [0.25, 0.3) is 6.08 Å².